The van der Waals surface area contributed by atoms with Gasteiger partial charge in [-0.1, -0.05) is 11.6 Å². The predicted octanol–water partition coefficient (Wildman–Crippen LogP) is 3.29. The fraction of sp³-hybridized carbons (Fsp3) is 0.600. The summed E-state index contributed by atoms with van der Waals surface area (Å²) in [5, 5.41) is 0.636. The van der Waals surface area contributed by atoms with Crippen LogP contribution in [0.1, 0.15) is 12.8 Å². The minimum Gasteiger partial charge on any atom is -0.355 e. The van der Waals surface area contributed by atoms with Crippen LogP contribution in [-0.2, 0) is 4.79 Å². The number of halogens is 2. The monoisotopic (exact) mass is 403 g/mol. The van der Waals surface area contributed by atoms with Crippen molar-refractivity contribution >= 4 is 51.0 Å². The van der Waals surface area contributed by atoms with Gasteiger partial charge in [0.05, 0.1) is 10.9 Å². The maximum atomic E-state index is 12.7. The van der Waals surface area contributed by atoms with Gasteiger partial charge in [0.25, 0.3) is 0 Å². The van der Waals surface area contributed by atoms with Crippen LogP contribution in [0, 0.1) is 5.92 Å². The van der Waals surface area contributed by atoms with E-state index in [1.54, 1.807) is 6.20 Å². The number of pyridine rings is 1. The summed E-state index contributed by atoms with van der Waals surface area (Å²) in [6.45, 7) is 3.40. The number of carbonyl (C=O) groups excluding carboxylic acids is 1. The summed E-state index contributed by atoms with van der Waals surface area (Å²) in [4.78, 5) is 21.3. The van der Waals surface area contributed by atoms with Crippen LogP contribution < -0.4 is 4.90 Å². The van der Waals surface area contributed by atoms with E-state index in [-0.39, 0.29) is 5.92 Å². The number of anilines is 1. The topological polar surface area (TPSA) is 36.4 Å². The molecule has 1 atom stereocenters. The number of carbonyl (C=O) groups is 1. The van der Waals surface area contributed by atoms with Crippen LogP contribution in [0.3, 0.4) is 0 Å². The maximum Gasteiger partial charge on any atom is 0.227 e. The Morgan fingerprint density at radius 1 is 1.36 bits per heavy atom. The van der Waals surface area contributed by atoms with Gasteiger partial charge < -0.3 is 9.80 Å². The van der Waals surface area contributed by atoms with E-state index in [0.717, 1.165) is 60.8 Å². The highest BCUT2D eigenvalue weighted by Gasteiger charge is 2.31. The summed E-state index contributed by atoms with van der Waals surface area (Å²) in [6, 6.07) is 1.86. The molecule has 0 aliphatic carbocycles. The third-order valence-electron chi connectivity index (χ3n) is 4.18. The molecule has 1 unspecified atom stereocenters. The Bertz CT molecular complexity index is 554. The number of piperidine rings is 1. The Morgan fingerprint density at radius 2 is 2.14 bits per heavy atom. The summed E-state index contributed by atoms with van der Waals surface area (Å²) in [6.07, 6.45) is 3.73. The van der Waals surface area contributed by atoms with Crippen LogP contribution in [0.5, 0.6) is 0 Å². The number of rotatable bonds is 2. The standard InChI is InChI=1S/C15H19BrClN3OS/c16-12-8-13(17)14(18-9-12)20-3-1-2-11(10-20)15(21)19-4-6-22-7-5-19/h8-9,11H,1-7,10H2. The van der Waals surface area contributed by atoms with Crippen molar-refractivity contribution in [3.05, 3.63) is 21.8 Å². The molecule has 7 heteroatoms. The van der Waals surface area contributed by atoms with Gasteiger partial charge in [-0.3, -0.25) is 4.79 Å². The average Bonchev–Trinajstić information content (AvgIpc) is 2.55. The van der Waals surface area contributed by atoms with Crippen molar-refractivity contribution in [1.29, 1.82) is 0 Å². The first-order valence-electron chi connectivity index (χ1n) is 7.57. The minimum absolute atomic E-state index is 0.0679. The number of nitrogens with zero attached hydrogens (tertiary/aromatic N) is 3. The highest BCUT2D eigenvalue weighted by molar-refractivity contribution is 9.10. The molecule has 2 aliphatic rings. The van der Waals surface area contributed by atoms with E-state index in [2.05, 4.69) is 25.8 Å². The molecule has 3 heterocycles. The normalized spacial score (nSPS) is 22.7. The molecule has 2 aliphatic heterocycles. The van der Waals surface area contributed by atoms with E-state index in [4.69, 9.17) is 11.6 Å². The van der Waals surface area contributed by atoms with Crippen molar-refractivity contribution in [3.8, 4) is 0 Å². The fourth-order valence-corrected chi connectivity index (χ4v) is 4.71. The summed E-state index contributed by atoms with van der Waals surface area (Å²) in [5.41, 5.74) is 0. The minimum atomic E-state index is 0.0679. The van der Waals surface area contributed by atoms with Crippen LogP contribution in [0.2, 0.25) is 5.02 Å². The summed E-state index contributed by atoms with van der Waals surface area (Å²) < 4.78 is 0.872. The second-order valence-electron chi connectivity index (χ2n) is 5.68. The van der Waals surface area contributed by atoms with E-state index in [1.807, 2.05) is 22.7 Å². The quantitative estimate of drug-likeness (QED) is 0.758. The van der Waals surface area contributed by atoms with Crippen molar-refractivity contribution < 1.29 is 4.79 Å². The highest BCUT2D eigenvalue weighted by atomic mass is 79.9. The maximum absolute atomic E-state index is 12.7. The average molecular weight is 405 g/mol. The molecule has 0 bridgehead atoms. The van der Waals surface area contributed by atoms with Gasteiger partial charge in [0.2, 0.25) is 5.91 Å². The molecule has 1 aromatic rings. The van der Waals surface area contributed by atoms with Crippen LogP contribution >= 0.6 is 39.3 Å². The van der Waals surface area contributed by atoms with Crippen molar-refractivity contribution in [2.75, 3.05) is 42.6 Å². The molecule has 0 radical (unpaired) electrons. The van der Waals surface area contributed by atoms with Gasteiger partial charge in [-0.2, -0.15) is 11.8 Å². The zero-order valence-corrected chi connectivity index (χ0v) is 15.5. The Morgan fingerprint density at radius 3 is 2.86 bits per heavy atom. The molecule has 120 valence electrons. The molecule has 0 saturated carbocycles. The smallest absolute Gasteiger partial charge is 0.227 e. The van der Waals surface area contributed by atoms with E-state index in [0.29, 0.717) is 10.9 Å². The second kappa shape index (κ2) is 7.41. The van der Waals surface area contributed by atoms with Gasteiger partial charge in [0, 0.05) is 48.4 Å². The third kappa shape index (κ3) is 3.71. The largest absolute Gasteiger partial charge is 0.355 e. The predicted molar refractivity (Wildman–Crippen MR) is 95.8 cm³/mol. The van der Waals surface area contributed by atoms with Crippen molar-refractivity contribution in [3.63, 3.8) is 0 Å². The summed E-state index contributed by atoms with van der Waals surface area (Å²) in [5.74, 6) is 3.28. The highest BCUT2D eigenvalue weighted by Crippen LogP contribution is 2.30. The van der Waals surface area contributed by atoms with E-state index < -0.39 is 0 Å². The van der Waals surface area contributed by atoms with Crippen LogP contribution in [0.15, 0.2) is 16.7 Å². The number of hydrogen-bond acceptors (Lipinski definition) is 4. The Kier molecular flexibility index (Phi) is 5.52. The lowest BCUT2D eigenvalue weighted by molar-refractivity contribution is -0.135. The van der Waals surface area contributed by atoms with Crippen LogP contribution in [-0.4, -0.2) is 53.5 Å². The van der Waals surface area contributed by atoms with E-state index >= 15 is 0 Å². The molecule has 2 fully saturated rings. The lowest BCUT2D eigenvalue weighted by atomic mass is 9.96. The van der Waals surface area contributed by atoms with Gasteiger partial charge in [0.15, 0.2) is 0 Å². The SMILES string of the molecule is O=C(C1CCCN(c2ncc(Br)cc2Cl)C1)N1CCSCC1. The molecular formula is C15H19BrClN3OS. The van der Waals surface area contributed by atoms with Crippen LogP contribution in [0.25, 0.3) is 0 Å². The number of amides is 1. The van der Waals surface area contributed by atoms with Crippen LogP contribution in [0.4, 0.5) is 5.82 Å². The first-order valence-corrected chi connectivity index (χ1v) is 9.90. The van der Waals surface area contributed by atoms with E-state index in [1.165, 1.54) is 0 Å². The van der Waals surface area contributed by atoms with Gasteiger partial charge >= 0.3 is 0 Å². The summed E-state index contributed by atoms with van der Waals surface area (Å²) in [7, 11) is 0. The molecule has 22 heavy (non-hydrogen) atoms. The molecule has 2 saturated heterocycles. The Labute approximate surface area is 148 Å². The number of aromatic nitrogens is 1. The zero-order valence-electron chi connectivity index (χ0n) is 12.3. The van der Waals surface area contributed by atoms with Gasteiger partial charge in [-0.15, -0.1) is 0 Å². The molecule has 4 nitrogen and oxygen atoms in total. The molecule has 1 aromatic heterocycles. The Hall–Kier alpha value is -0.460. The van der Waals surface area contributed by atoms with Crippen molar-refractivity contribution in [2.24, 2.45) is 5.92 Å². The van der Waals surface area contributed by atoms with Crippen molar-refractivity contribution in [2.45, 2.75) is 12.8 Å². The number of hydrogen-bond donors (Lipinski definition) is 0. The fourth-order valence-electron chi connectivity index (χ4n) is 3.05. The molecule has 3 rings (SSSR count). The summed E-state index contributed by atoms with van der Waals surface area (Å²) >= 11 is 11.6. The molecule has 1 amide bonds. The zero-order chi connectivity index (χ0) is 15.5. The second-order valence-corrected chi connectivity index (χ2v) is 8.23. The Balaban J connectivity index is 1.69. The third-order valence-corrected chi connectivity index (χ3v) is 5.84. The molecule has 0 spiro atoms. The van der Waals surface area contributed by atoms with Gasteiger partial charge in [-0.25, -0.2) is 4.98 Å². The first-order chi connectivity index (χ1) is 10.6. The van der Waals surface area contributed by atoms with Gasteiger partial charge in [-0.05, 0) is 34.8 Å². The molecule has 0 aromatic carbocycles. The number of thioether (sulfide) groups is 1. The molecule has 0 N–H and O–H groups in total. The first kappa shape index (κ1) is 16.4. The van der Waals surface area contributed by atoms with Gasteiger partial charge in [0.1, 0.15) is 5.82 Å². The van der Waals surface area contributed by atoms with Crippen molar-refractivity contribution in [1.82, 2.24) is 9.88 Å². The lowest BCUT2D eigenvalue weighted by Crippen LogP contribution is -2.47. The lowest BCUT2D eigenvalue weighted by Gasteiger charge is -2.36. The molecular weight excluding hydrogens is 386 g/mol. The van der Waals surface area contributed by atoms with E-state index in [9.17, 15) is 4.79 Å².